The zero-order chi connectivity index (χ0) is 25.3. The molecule has 0 bridgehead atoms. The molecule has 5 rings (SSSR count). The van der Waals surface area contributed by atoms with Gasteiger partial charge in [-0.2, -0.15) is 13.2 Å². The van der Waals surface area contributed by atoms with Crippen LogP contribution in [0.1, 0.15) is 35.4 Å². The summed E-state index contributed by atoms with van der Waals surface area (Å²) in [4.78, 5) is 0.765. The first-order valence-corrected chi connectivity index (χ1v) is 12.6. The van der Waals surface area contributed by atoms with Crippen LogP contribution in [0.2, 0.25) is 0 Å². The lowest BCUT2D eigenvalue weighted by atomic mass is 9.88. The van der Waals surface area contributed by atoms with Crippen LogP contribution in [0.3, 0.4) is 0 Å². The van der Waals surface area contributed by atoms with Crippen molar-refractivity contribution < 1.29 is 17.7 Å². The number of nitrogens with zero attached hydrogens (tertiary/aromatic N) is 1. The fraction of sp³-hybridized carbons (Fsp3) is 0.300. The molecule has 0 aliphatic heterocycles. The van der Waals surface area contributed by atoms with Crippen LogP contribution < -0.4 is 4.57 Å². The van der Waals surface area contributed by atoms with Gasteiger partial charge >= 0.3 is 6.18 Å². The molecule has 5 heteroatoms. The lowest BCUT2D eigenvalue weighted by molar-refractivity contribution is -0.659. The molecule has 0 saturated carbocycles. The Morgan fingerprint density at radius 3 is 2.20 bits per heavy atom. The number of aryl methyl sites for hydroxylation is 3. The van der Waals surface area contributed by atoms with E-state index in [2.05, 4.69) is 75.0 Å². The maximum absolute atomic E-state index is 13.5. The highest BCUT2D eigenvalue weighted by Gasteiger charge is 2.47. The Labute approximate surface area is 207 Å². The Kier molecular flexibility index (Phi) is 5.48. The van der Waals surface area contributed by atoms with Gasteiger partial charge in [0.25, 0.3) is 0 Å². The van der Waals surface area contributed by atoms with Crippen LogP contribution >= 0.6 is 11.3 Å². The number of pyridine rings is 1. The summed E-state index contributed by atoms with van der Waals surface area (Å²) in [5.41, 5.74) is 4.41. The number of alkyl halides is 3. The summed E-state index contributed by atoms with van der Waals surface area (Å²) in [5.74, 6) is 0. The van der Waals surface area contributed by atoms with Crippen molar-refractivity contribution in [1.29, 1.82) is 0 Å². The first-order chi connectivity index (χ1) is 16.4. The quantitative estimate of drug-likeness (QED) is 0.175. The minimum Gasteiger partial charge on any atom is -0.200 e. The minimum absolute atomic E-state index is 0.0170. The summed E-state index contributed by atoms with van der Waals surface area (Å²) in [7, 11) is 2.08. The molecule has 0 aliphatic carbocycles. The maximum atomic E-state index is 13.5. The van der Waals surface area contributed by atoms with Crippen LogP contribution in [0.5, 0.6) is 0 Å². The van der Waals surface area contributed by atoms with Crippen LogP contribution in [-0.2, 0) is 13.5 Å². The fourth-order valence-electron chi connectivity index (χ4n) is 5.06. The summed E-state index contributed by atoms with van der Waals surface area (Å²) < 4.78 is 43.7. The number of hydrogen-bond donors (Lipinski definition) is 0. The largest absolute Gasteiger partial charge is 0.394 e. The highest BCUT2D eigenvalue weighted by Crippen LogP contribution is 2.44. The number of benzene rings is 3. The summed E-state index contributed by atoms with van der Waals surface area (Å²) >= 11 is 1.48. The molecule has 0 radical (unpaired) electrons. The van der Waals surface area contributed by atoms with Crippen molar-refractivity contribution in [2.24, 2.45) is 12.5 Å². The van der Waals surface area contributed by atoms with Gasteiger partial charge in [-0.15, -0.1) is 11.3 Å². The summed E-state index contributed by atoms with van der Waals surface area (Å²) in [6, 6.07) is 17.0. The number of aromatic nitrogens is 1. The first-order valence-electron chi connectivity index (χ1n) is 11.8. The van der Waals surface area contributed by atoms with E-state index < -0.39 is 11.6 Å². The maximum Gasteiger partial charge on any atom is 0.394 e. The zero-order valence-corrected chi connectivity index (χ0v) is 21.7. The lowest BCUT2D eigenvalue weighted by Crippen LogP contribution is -2.33. The zero-order valence-electron chi connectivity index (χ0n) is 20.9. The molecular weight excluding hydrogens is 463 g/mol. The summed E-state index contributed by atoms with van der Waals surface area (Å²) in [6.45, 7) is 9.00. The SMILES string of the molecule is Cc1cc(C)c(C)c(-c2c3ccc4c(ccc5cc(CC(C)(C)C(F)(F)F)sc54)c3cc[n+]2C)c1. The van der Waals surface area contributed by atoms with Gasteiger partial charge in [-0.3, -0.25) is 0 Å². The van der Waals surface area contributed by atoms with E-state index in [1.54, 1.807) is 0 Å². The Morgan fingerprint density at radius 1 is 0.829 bits per heavy atom. The highest BCUT2D eigenvalue weighted by atomic mass is 32.1. The predicted octanol–water partition coefficient (Wildman–Crippen LogP) is 8.76. The predicted molar refractivity (Wildman–Crippen MR) is 141 cm³/mol. The second-order valence-electron chi connectivity index (χ2n) is 10.4. The second kappa shape index (κ2) is 8.06. The minimum atomic E-state index is -4.24. The van der Waals surface area contributed by atoms with Gasteiger partial charge in [-0.05, 0) is 67.3 Å². The third kappa shape index (κ3) is 3.90. The number of hydrogen-bond acceptors (Lipinski definition) is 1. The molecule has 0 atom stereocenters. The molecular formula is C30H29F3NS+. The van der Waals surface area contributed by atoms with Crippen molar-refractivity contribution in [2.75, 3.05) is 0 Å². The van der Waals surface area contributed by atoms with Crippen LogP contribution in [0, 0.1) is 26.2 Å². The highest BCUT2D eigenvalue weighted by molar-refractivity contribution is 7.20. The third-order valence-electron chi connectivity index (χ3n) is 7.30. The average molecular weight is 493 g/mol. The van der Waals surface area contributed by atoms with Crippen LogP contribution in [-0.4, -0.2) is 6.18 Å². The van der Waals surface area contributed by atoms with Gasteiger partial charge in [0.15, 0.2) is 6.20 Å². The monoisotopic (exact) mass is 492 g/mol. The molecule has 0 spiro atoms. The van der Waals surface area contributed by atoms with Gasteiger partial charge in [0, 0.05) is 26.4 Å². The van der Waals surface area contributed by atoms with Gasteiger partial charge in [-0.1, -0.05) is 43.7 Å². The van der Waals surface area contributed by atoms with E-state index >= 15 is 0 Å². The first kappa shape index (κ1) is 23.8. The van der Waals surface area contributed by atoms with Crippen molar-refractivity contribution in [3.63, 3.8) is 0 Å². The second-order valence-corrected chi connectivity index (χ2v) is 11.5. The Hall–Kier alpha value is -2.92. The Balaban J connectivity index is 1.73. The van der Waals surface area contributed by atoms with E-state index in [9.17, 15) is 13.2 Å². The van der Waals surface area contributed by atoms with Gasteiger partial charge in [-0.25, -0.2) is 4.57 Å². The van der Waals surface area contributed by atoms with Gasteiger partial charge in [0.05, 0.1) is 16.4 Å². The molecule has 35 heavy (non-hydrogen) atoms. The van der Waals surface area contributed by atoms with Crippen molar-refractivity contribution in [2.45, 2.75) is 47.2 Å². The van der Waals surface area contributed by atoms with Crippen molar-refractivity contribution in [1.82, 2.24) is 0 Å². The molecule has 3 aromatic carbocycles. The standard InChI is InChI=1S/C30H29F3NS/c1-17-13-18(2)19(3)26(14-17)27-24-9-10-25-22(23(24)11-12-34(27)6)8-7-20-15-21(35-28(20)25)16-29(4,5)30(31,32)33/h7-15H,16H2,1-6H3/q+1. The summed E-state index contributed by atoms with van der Waals surface area (Å²) in [5, 5.41) is 5.55. The van der Waals surface area contributed by atoms with E-state index in [1.807, 2.05) is 12.1 Å². The smallest absolute Gasteiger partial charge is 0.200 e. The van der Waals surface area contributed by atoms with Gasteiger partial charge < -0.3 is 0 Å². The molecule has 0 fully saturated rings. The molecule has 2 heterocycles. The van der Waals surface area contributed by atoms with Crippen LogP contribution in [0.4, 0.5) is 13.2 Å². The van der Waals surface area contributed by atoms with E-state index in [0.717, 1.165) is 31.1 Å². The molecule has 0 amide bonds. The number of rotatable bonds is 3. The van der Waals surface area contributed by atoms with Crippen molar-refractivity contribution in [3.05, 3.63) is 76.3 Å². The van der Waals surface area contributed by atoms with Crippen LogP contribution in [0.15, 0.2) is 54.7 Å². The Bertz CT molecular complexity index is 1620. The number of thiophene rings is 1. The van der Waals surface area contributed by atoms with Gasteiger partial charge in [0.2, 0.25) is 5.69 Å². The van der Waals surface area contributed by atoms with Crippen LogP contribution in [0.25, 0.3) is 42.9 Å². The average Bonchev–Trinajstić information content (AvgIpc) is 3.17. The molecule has 1 nitrogen and oxygen atoms in total. The van der Waals surface area contributed by atoms with E-state index in [1.165, 1.54) is 58.5 Å². The topological polar surface area (TPSA) is 3.88 Å². The molecule has 2 aromatic heterocycles. The van der Waals surface area contributed by atoms with E-state index in [0.29, 0.717) is 0 Å². The molecule has 5 aromatic rings. The number of fused-ring (bicyclic) bond motifs is 5. The fourth-order valence-corrected chi connectivity index (χ4v) is 6.47. The normalized spacial score (nSPS) is 12.8. The lowest BCUT2D eigenvalue weighted by Gasteiger charge is -2.26. The molecule has 180 valence electrons. The van der Waals surface area contributed by atoms with E-state index in [4.69, 9.17) is 0 Å². The van der Waals surface area contributed by atoms with Crippen molar-refractivity contribution >= 4 is 43.0 Å². The van der Waals surface area contributed by atoms with E-state index in [-0.39, 0.29) is 6.42 Å². The number of halogens is 3. The molecule has 0 aliphatic rings. The molecule has 0 saturated heterocycles. The summed E-state index contributed by atoms with van der Waals surface area (Å²) in [6.07, 6.45) is -2.15. The molecule has 0 N–H and O–H groups in total. The third-order valence-corrected chi connectivity index (χ3v) is 8.48. The Morgan fingerprint density at radius 2 is 1.49 bits per heavy atom. The van der Waals surface area contributed by atoms with Gasteiger partial charge in [0.1, 0.15) is 7.05 Å². The molecule has 0 unspecified atom stereocenters. The van der Waals surface area contributed by atoms with Crippen molar-refractivity contribution in [3.8, 4) is 11.3 Å².